The van der Waals surface area contributed by atoms with Crippen LogP contribution in [0.3, 0.4) is 0 Å². The third-order valence-electron chi connectivity index (χ3n) is 5.40. The predicted octanol–water partition coefficient (Wildman–Crippen LogP) is 4.14. The molecule has 2 saturated heterocycles. The van der Waals surface area contributed by atoms with Crippen molar-refractivity contribution in [3.63, 3.8) is 0 Å². The van der Waals surface area contributed by atoms with E-state index in [1.807, 2.05) is 25.7 Å². The maximum absolute atomic E-state index is 12.4. The molecule has 0 aliphatic carbocycles. The summed E-state index contributed by atoms with van der Waals surface area (Å²) in [4.78, 5) is 14.3. The van der Waals surface area contributed by atoms with Crippen molar-refractivity contribution in [3.05, 3.63) is 0 Å². The van der Waals surface area contributed by atoms with E-state index in [9.17, 15) is 4.79 Å². The van der Waals surface area contributed by atoms with E-state index in [0.717, 1.165) is 19.5 Å². The number of ether oxygens (including phenoxy) is 1. The second-order valence-corrected chi connectivity index (χ2v) is 10.3. The predicted molar refractivity (Wildman–Crippen MR) is 103 cm³/mol. The molecule has 0 bridgehead atoms. The van der Waals surface area contributed by atoms with E-state index in [0.29, 0.717) is 23.4 Å². The zero-order chi connectivity index (χ0) is 18.0. The highest BCUT2D eigenvalue weighted by molar-refractivity contribution is 7.99. The fraction of sp³-hybridized carbons (Fsp3) is 0.947. The summed E-state index contributed by atoms with van der Waals surface area (Å²) in [5.74, 6) is 2.98. The first-order valence-corrected chi connectivity index (χ1v) is 10.6. The lowest BCUT2D eigenvalue weighted by molar-refractivity contribution is 0.0142. The topological polar surface area (TPSA) is 41.6 Å². The molecule has 1 N–H and O–H groups in total. The van der Waals surface area contributed by atoms with E-state index >= 15 is 0 Å². The summed E-state index contributed by atoms with van der Waals surface area (Å²) in [6, 6.07) is 0.987. The molecule has 2 aliphatic rings. The molecule has 4 nitrogen and oxygen atoms in total. The van der Waals surface area contributed by atoms with Gasteiger partial charge in [0, 0.05) is 30.9 Å². The third kappa shape index (κ3) is 5.55. The van der Waals surface area contributed by atoms with Gasteiger partial charge >= 0.3 is 6.09 Å². The second kappa shape index (κ2) is 7.86. The number of hydrogen-bond acceptors (Lipinski definition) is 4. The van der Waals surface area contributed by atoms with E-state index in [-0.39, 0.29) is 6.09 Å². The van der Waals surface area contributed by atoms with Gasteiger partial charge in [-0.15, -0.1) is 0 Å². The van der Waals surface area contributed by atoms with Crippen LogP contribution in [0.1, 0.15) is 60.8 Å². The average Bonchev–Trinajstić information content (AvgIpc) is 2.47. The summed E-state index contributed by atoms with van der Waals surface area (Å²) < 4.78 is 5.55. The number of rotatable bonds is 3. The lowest BCUT2D eigenvalue weighted by Crippen LogP contribution is -2.54. The molecule has 0 saturated carbocycles. The molecule has 0 aromatic heterocycles. The van der Waals surface area contributed by atoms with Crippen LogP contribution in [-0.2, 0) is 4.74 Å². The number of nitrogens with one attached hydrogen (secondary N) is 1. The van der Waals surface area contributed by atoms with E-state index in [1.54, 1.807) is 0 Å². The highest BCUT2D eigenvalue weighted by atomic mass is 32.2. The quantitative estimate of drug-likeness (QED) is 0.825. The van der Waals surface area contributed by atoms with Crippen LogP contribution in [0.5, 0.6) is 0 Å². The van der Waals surface area contributed by atoms with Crippen LogP contribution in [0, 0.1) is 11.3 Å². The van der Waals surface area contributed by atoms with E-state index < -0.39 is 5.60 Å². The molecule has 0 aromatic rings. The van der Waals surface area contributed by atoms with Crippen molar-refractivity contribution >= 4 is 17.9 Å². The first-order valence-electron chi connectivity index (χ1n) is 9.40. The number of carbonyl (C=O) groups excluding carboxylic acids is 1. The van der Waals surface area contributed by atoms with Crippen LogP contribution < -0.4 is 5.32 Å². The van der Waals surface area contributed by atoms with Gasteiger partial charge in [0.2, 0.25) is 0 Å². The van der Waals surface area contributed by atoms with Gasteiger partial charge in [0.05, 0.1) is 0 Å². The number of piperidine rings is 1. The number of hydrogen-bond donors (Lipinski definition) is 1. The van der Waals surface area contributed by atoms with Gasteiger partial charge in [0.25, 0.3) is 0 Å². The number of nitrogens with zero attached hydrogens (tertiary/aromatic N) is 1. The van der Waals surface area contributed by atoms with Crippen molar-refractivity contribution < 1.29 is 9.53 Å². The van der Waals surface area contributed by atoms with Crippen LogP contribution in [0.15, 0.2) is 0 Å². The van der Waals surface area contributed by atoms with Gasteiger partial charge in [0.15, 0.2) is 0 Å². The lowest BCUT2D eigenvalue weighted by Gasteiger charge is -2.43. The molecule has 3 atom stereocenters. The maximum Gasteiger partial charge on any atom is 0.410 e. The van der Waals surface area contributed by atoms with Gasteiger partial charge in [0.1, 0.15) is 5.60 Å². The number of likely N-dealkylation sites (tertiary alicyclic amines) is 1. The molecule has 0 spiro atoms. The molecule has 3 unspecified atom stereocenters. The smallest absolute Gasteiger partial charge is 0.410 e. The average molecular weight is 357 g/mol. The van der Waals surface area contributed by atoms with Crippen molar-refractivity contribution in [3.8, 4) is 0 Å². The minimum atomic E-state index is -0.419. The molecule has 2 aliphatic heterocycles. The summed E-state index contributed by atoms with van der Waals surface area (Å²) in [5, 5.41) is 3.89. The van der Waals surface area contributed by atoms with E-state index in [1.165, 1.54) is 24.3 Å². The molecule has 2 rings (SSSR count). The van der Waals surface area contributed by atoms with Gasteiger partial charge < -0.3 is 15.0 Å². The summed E-state index contributed by atoms with van der Waals surface area (Å²) in [6.07, 6.45) is 3.37. The first-order chi connectivity index (χ1) is 11.1. The van der Waals surface area contributed by atoms with Gasteiger partial charge in [-0.3, -0.25) is 0 Å². The molecule has 1 amide bonds. The Kier molecular flexibility index (Phi) is 6.52. The van der Waals surface area contributed by atoms with Crippen LogP contribution in [0.2, 0.25) is 0 Å². The number of carbonyl (C=O) groups is 1. The molecule has 24 heavy (non-hydrogen) atoms. The lowest BCUT2D eigenvalue weighted by atomic mass is 9.81. The summed E-state index contributed by atoms with van der Waals surface area (Å²) in [7, 11) is 0. The van der Waals surface area contributed by atoms with Gasteiger partial charge in [-0.1, -0.05) is 13.8 Å². The zero-order valence-corrected chi connectivity index (χ0v) is 17.2. The van der Waals surface area contributed by atoms with Crippen molar-refractivity contribution in [2.75, 3.05) is 24.6 Å². The standard InChI is InChI=1S/C19H36N2O2S/c1-14(20-16-13-24-11-9-19(16,5)6)15-8-7-10-21(12-15)17(22)23-18(2,3)4/h14-16,20H,7-13H2,1-6H3. The Morgan fingerprint density at radius 3 is 2.71 bits per heavy atom. The van der Waals surface area contributed by atoms with Gasteiger partial charge in [-0.25, -0.2) is 4.79 Å². The molecule has 0 aromatic carbocycles. The minimum absolute atomic E-state index is 0.159. The van der Waals surface area contributed by atoms with Crippen molar-refractivity contribution in [2.45, 2.75) is 78.5 Å². The Bertz CT molecular complexity index is 434. The van der Waals surface area contributed by atoms with Crippen LogP contribution in [-0.4, -0.2) is 53.3 Å². The molecule has 2 heterocycles. The maximum atomic E-state index is 12.4. The Morgan fingerprint density at radius 1 is 1.38 bits per heavy atom. The third-order valence-corrected chi connectivity index (χ3v) is 6.46. The molecular formula is C19H36N2O2S. The van der Waals surface area contributed by atoms with Crippen LogP contribution in [0.25, 0.3) is 0 Å². The van der Waals surface area contributed by atoms with Crippen molar-refractivity contribution in [1.82, 2.24) is 10.2 Å². The minimum Gasteiger partial charge on any atom is -0.444 e. The molecule has 5 heteroatoms. The van der Waals surface area contributed by atoms with Crippen LogP contribution in [0.4, 0.5) is 4.79 Å². The molecule has 140 valence electrons. The van der Waals surface area contributed by atoms with Gasteiger partial charge in [-0.2, -0.15) is 11.8 Å². The Balaban J connectivity index is 1.90. The summed E-state index contributed by atoms with van der Waals surface area (Å²) in [6.45, 7) is 14.5. The molecular weight excluding hydrogens is 320 g/mol. The van der Waals surface area contributed by atoms with Crippen LogP contribution >= 0.6 is 11.8 Å². The normalized spacial score (nSPS) is 29.2. The summed E-state index contributed by atoms with van der Waals surface area (Å²) in [5.41, 5.74) is -0.0593. The van der Waals surface area contributed by atoms with E-state index in [4.69, 9.17) is 4.74 Å². The highest BCUT2D eigenvalue weighted by Crippen LogP contribution is 2.35. The Hall–Kier alpha value is -0.420. The van der Waals surface area contributed by atoms with E-state index in [2.05, 4.69) is 37.8 Å². The largest absolute Gasteiger partial charge is 0.444 e. The number of thioether (sulfide) groups is 1. The Labute approximate surface area is 152 Å². The fourth-order valence-corrected chi connectivity index (χ4v) is 5.19. The first kappa shape index (κ1) is 19.9. The summed E-state index contributed by atoms with van der Waals surface area (Å²) >= 11 is 2.06. The Morgan fingerprint density at radius 2 is 2.08 bits per heavy atom. The number of amides is 1. The van der Waals surface area contributed by atoms with Crippen molar-refractivity contribution in [1.29, 1.82) is 0 Å². The highest BCUT2D eigenvalue weighted by Gasteiger charge is 2.36. The fourth-order valence-electron chi connectivity index (χ4n) is 3.57. The molecule has 2 fully saturated rings. The second-order valence-electron chi connectivity index (χ2n) is 9.15. The van der Waals surface area contributed by atoms with Crippen molar-refractivity contribution in [2.24, 2.45) is 11.3 Å². The zero-order valence-electron chi connectivity index (χ0n) is 16.4. The van der Waals surface area contributed by atoms with Gasteiger partial charge in [-0.05, 0) is 64.0 Å². The monoisotopic (exact) mass is 356 g/mol. The SMILES string of the molecule is CC(NC1CSCCC1(C)C)C1CCCN(C(=O)OC(C)(C)C)C1. The molecule has 0 radical (unpaired) electrons.